The van der Waals surface area contributed by atoms with E-state index in [9.17, 15) is 4.79 Å². The Bertz CT molecular complexity index is 1290. The fraction of sp³-hybridized carbons (Fsp3) is 0.308. The first kappa shape index (κ1) is 25.7. The van der Waals surface area contributed by atoms with E-state index in [2.05, 4.69) is 34.3 Å². The van der Waals surface area contributed by atoms with E-state index < -0.39 is 0 Å². The van der Waals surface area contributed by atoms with Gasteiger partial charge < -0.3 is 19.4 Å². The molecule has 4 aromatic rings. The summed E-state index contributed by atoms with van der Waals surface area (Å²) in [6, 6.07) is 17.3. The summed E-state index contributed by atoms with van der Waals surface area (Å²) in [6.07, 6.45) is -0.335. The van der Waals surface area contributed by atoms with Crippen molar-refractivity contribution >= 4 is 34.1 Å². The maximum absolute atomic E-state index is 12.6. The molecule has 2 heterocycles. The maximum Gasteiger partial charge on any atom is 0.236 e. The second-order valence-electron chi connectivity index (χ2n) is 8.53. The molecule has 0 radical (unpaired) electrons. The number of nitrogens with zero attached hydrogens (tertiary/aromatic N) is 4. The number of aromatic nitrogens is 4. The molecule has 0 fully saturated rings. The number of amides is 1. The number of thiazole rings is 1. The van der Waals surface area contributed by atoms with Gasteiger partial charge in [-0.25, -0.2) is 4.98 Å². The first-order chi connectivity index (χ1) is 17.4. The Morgan fingerprint density at radius 1 is 1.08 bits per heavy atom. The van der Waals surface area contributed by atoms with Gasteiger partial charge in [-0.2, -0.15) is 0 Å². The summed E-state index contributed by atoms with van der Waals surface area (Å²) >= 11 is 2.76. The maximum atomic E-state index is 12.6. The monoisotopic (exact) mass is 523 g/mol. The lowest BCUT2D eigenvalue weighted by Crippen LogP contribution is -2.17. The highest BCUT2D eigenvalue weighted by molar-refractivity contribution is 7.99. The van der Waals surface area contributed by atoms with Crippen LogP contribution in [-0.4, -0.2) is 38.5 Å². The second-order valence-corrected chi connectivity index (χ2v) is 10.3. The molecule has 1 atom stereocenters. The zero-order chi connectivity index (χ0) is 25.5. The Morgan fingerprint density at radius 2 is 1.86 bits per heavy atom. The van der Waals surface area contributed by atoms with Gasteiger partial charge in [0.1, 0.15) is 11.5 Å². The standard InChI is InChI=1S/C26H29N5O3S2/c1-17(2)14-31-24(18(3)34-21-12-8-11-20(13-21)33-4)29-30-26(31)36-16-23(32)28-25-27-22(15-35-25)19-9-6-5-7-10-19/h5-13,15,17-18H,14,16H2,1-4H3,(H,27,28,32). The number of methoxy groups -OCH3 is 1. The van der Waals surface area contributed by atoms with E-state index >= 15 is 0 Å². The second kappa shape index (κ2) is 12.0. The van der Waals surface area contributed by atoms with Gasteiger partial charge >= 0.3 is 0 Å². The van der Waals surface area contributed by atoms with E-state index in [1.54, 1.807) is 7.11 Å². The van der Waals surface area contributed by atoms with Gasteiger partial charge in [-0.1, -0.05) is 62.0 Å². The van der Waals surface area contributed by atoms with E-state index in [4.69, 9.17) is 9.47 Å². The van der Waals surface area contributed by atoms with Crippen LogP contribution in [0.25, 0.3) is 11.3 Å². The Morgan fingerprint density at radius 3 is 2.61 bits per heavy atom. The van der Waals surface area contributed by atoms with Gasteiger partial charge in [-0.05, 0) is 25.0 Å². The topological polar surface area (TPSA) is 91.2 Å². The van der Waals surface area contributed by atoms with Gasteiger partial charge in [0.15, 0.2) is 22.2 Å². The van der Waals surface area contributed by atoms with Gasteiger partial charge in [0, 0.05) is 23.6 Å². The largest absolute Gasteiger partial charge is 0.497 e. The van der Waals surface area contributed by atoms with Gasteiger partial charge in [-0.3, -0.25) is 4.79 Å². The summed E-state index contributed by atoms with van der Waals surface area (Å²) in [7, 11) is 1.62. The number of benzene rings is 2. The van der Waals surface area contributed by atoms with E-state index in [0.717, 1.165) is 17.0 Å². The molecule has 2 aromatic carbocycles. The van der Waals surface area contributed by atoms with Crippen molar-refractivity contribution in [2.24, 2.45) is 5.92 Å². The highest BCUT2D eigenvalue weighted by Gasteiger charge is 2.21. The Balaban J connectivity index is 1.41. The van der Waals surface area contributed by atoms with Gasteiger partial charge in [0.05, 0.1) is 18.6 Å². The number of anilines is 1. The third-order valence-electron chi connectivity index (χ3n) is 5.16. The van der Waals surface area contributed by atoms with E-state index in [0.29, 0.717) is 34.3 Å². The lowest BCUT2D eigenvalue weighted by Gasteiger charge is -2.18. The molecule has 188 valence electrons. The van der Waals surface area contributed by atoms with Crippen LogP contribution in [0.1, 0.15) is 32.7 Å². The normalized spacial score (nSPS) is 11.9. The predicted molar refractivity (Wildman–Crippen MR) is 144 cm³/mol. The van der Waals surface area contributed by atoms with Crippen LogP contribution in [0.5, 0.6) is 11.5 Å². The van der Waals surface area contributed by atoms with Crippen LogP contribution in [-0.2, 0) is 11.3 Å². The number of carbonyl (C=O) groups is 1. The third kappa shape index (κ3) is 6.64. The highest BCUT2D eigenvalue weighted by atomic mass is 32.2. The van der Waals surface area contributed by atoms with Crippen LogP contribution >= 0.6 is 23.1 Å². The zero-order valence-electron chi connectivity index (χ0n) is 20.7. The van der Waals surface area contributed by atoms with Crippen molar-refractivity contribution in [2.45, 2.75) is 38.6 Å². The fourth-order valence-electron chi connectivity index (χ4n) is 3.53. The molecule has 0 aliphatic carbocycles. The molecular weight excluding hydrogens is 494 g/mol. The molecule has 36 heavy (non-hydrogen) atoms. The summed E-state index contributed by atoms with van der Waals surface area (Å²) in [6.45, 7) is 6.91. The average molecular weight is 524 g/mol. The molecule has 10 heteroatoms. The van der Waals surface area contributed by atoms with Crippen LogP contribution < -0.4 is 14.8 Å². The van der Waals surface area contributed by atoms with Crippen LogP contribution in [0.2, 0.25) is 0 Å². The number of ether oxygens (including phenoxy) is 2. The van der Waals surface area contributed by atoms with Gasteiger partial charge in [-0.15, -0.1) is 21.5 Å². The van der Waals surface area contributed by atoms with E-state index in [-0.39, 0.29) is 17.8 Å². The number of carbonyl (C=O) groups excluding carboxylic acids is 1. The van der Waals surface area contributed by atoms with Gasteiger partial charge in [0.2, 0.25) is 5.91 Å². The quantitative estimate of drug-likeness (QED) is 0.243. The lowest BCUT2D eigenvalue weighted by atomic mass is 10.2. The Kier molecular flexibility index (Phi) is 8.61. The summed E-state index contributed by atoms with van der Waals surface area (Å²) in [5.41, 5.74) is 1.86. The Hall–Kier alpha value is -3.37. The van der Waals surface area contributed by atoms with Crippen molar-refractivity contribution in [1.29, 1.82) is 0 Å². The fourth-order valence-corrected chi connectivity index (χ4v) is 5.02. The molecule has 0 spiro atoms. The summed E-state index contributed by atoms with van der Waals surface area (Å²) in [5, 5.41) is 14.8. The minimum Gasteiger partial charge on any atom is -0.497 e. The molecule has 0 bridgehead atoms. The third-order valence-corrected chi connectivity index (χ3v) is 6.89. The molecule has 1 N–H and O–H groups in total. The average Bonchev–Trinajstić information content (AvgIpc) is 3.50. The number of hydrogen-bond acceptors (Lipinski definition) is 8. The minimum atomic E-state index is -0.335. The molecule has 2 aromatic heterocycles. The van der Waals surface area contributed by atoms with Crippen molar-refractivity contribution in [2.75, 3.05) is 18.2 Å². The number of hydrogen-bond donors (Lipinski definition) is 1. The SMILES string of the molecule is COc1cccc(OC(C)c2nnc(SCC(=O)Nc3nc(-c4ccccc4)cs3)n2CC(C)C)c1. The van der Waals surface area contributed by atoms with E-state index in [1.165, 1.54) is 23.1 Å². The van der Waals surface area contributed by atoms with Crippen LogP contribution in [0.3, 0.4) is 0 Å². The molecule has 8 nitrogen and oxygen atoms in total. The molecule has 4 rings (SSSR count). The van der Waals surface area contributed by atoms with Gasteiger partial charge in [0.25, 0.3) is 0 Å². The molecule has 0 aliphatic heterocycles. The molecule has 0 saturated heterocycles. The number of nitrogens with one attached hydrogen (secondary N) is 1. The van der Waals surface area contributed by atoms with E-state index in [1.807, 2.05) is 71.5 Å². The van der Waals surface area contributed by atoms with Crippen molar-refractivity contribution in [3.8, 4) is 22.8 Å². The first-order valence-electron chi connectivity index (χ1n) is 11.6. The number of rotatable bonds is 11. The zero-order valence-corrected chi connectivity index (χ0v) is 22.3. The molecular formula is C26H29N5O3S2. The van der Waals surface area contributed by atoms with Crippen LogP contribution in [0.4, 0.5) is 5.13 Å². The van der Waals surface area contributed by atoms with Crippen molar-refractivity contribution in [1.82, 2.24) is 19.7 Å². The molecule has 0 aliphatic rings. The Labute approximate surface area is 219 Å². The van der Waals surface area contributed by atoms with Crippen LogP contribution in [0, 0.1) is 5.92 Å². The smallest absolute Gasteiger partial charge is 0.236 e. The molecule has 0 saturated carbocycles. The summed E-state index contributed by atoms with van der Waals surface area (Å²) in [4.78, 5) is 17.2. The predicted octanol–water partition coefficient (Wildman–Crippen LogP) is 5.94. The minimum absolute atomic E-state index is 0.143. The summed E-state index contributed by atoms with van der Waals surface area (Å²) < 4.78 is 13.4. The first-order valence-corrected chi connectivity index (χ1v) is 13.5. The lowest BCUT2D eigenvalue weighted by molar-refractivity contribution is -0.113. The molecule has 1 amide bonds. The van der Waals surface area contributed by atoms with Crippen LogP contribution in [0.15, 0.2) is 65.1 Å². The van der Waals surface area contributed by atoms with Crippen molar-refractivity contribution in [3.63, 3.8) is 0 Å². The summed E-state index contributed by atoms with van der Waals surface area (Å²) in [5.74, 6) is 2.54. The highest BCUT2D eigenvalue weighted by Crippen LogP contribution is 2.28. The van der Waals surface area contributed by atoms with Crippen molar-refractivity contribution in [3.05, 3.63) is 65.8 Å². The molecule has 1 unspecified atom stereocenters. The van der Waals surface area contributed by atoms with Crippen molar-refractivity contribution < 1.29 is 14.3 Å². The number of thioether (sulfide) groups is 1.